The molecule has 3 heterocycles. The summed E-state index contributed by atoms with van der Waals surface area (Å²) in [6.45, 7) is 0.0688. The van der Waals surface area contributed by atoms with Crippen LogP contribution in [-0.2, 0) is 20.9 Å². The van der Waals surface area contributed by atoms with E-state index in [1.807, 2.05) is 0 Å². The number of carbonyl (C=O) groups excluding carboxylic acids is 2. The highest BCUT2D eigenvalue weighted by atomic mass is 16.6. The van der Waals surface area contributed by atoms with Gasteiger partial charge in [0, 0.05) is 17.5 Å². The molecule has 0 saturated heterocycles. The molecule has 0 bridgehead atoms. The quantitative estimate of drug-likeness (QED) is 0.367. The fourth-order valence-electron chi connectivity index (χ4n) is 5.20. The Hall–Kier alpha value is -4.05. The fourth-order valence-corrected chi connectivity index (χ4v) is 5.20. The van der Waals surface area contributed by atoms with E-state index in [0.717, 1.165) is 7.11 Å². The molecule has 10 heteroatoms. The zero-order valence-electron chi connectivity index (χ0n) is 17.2. The molecule has 1 aromatic heterocycles. The van der Waals surface area contributed by atoms with Crippen LogP contribution in [0.15, 0.2) is 39.2 Å². The van der Waals surface area contributed by atoms with Gasteiger partial charge in [-0.1, -0.05) is 12.1 Å². The molecule has 3 N–H and O–H groups in total. The molecule has 3 aliphatic rings. The molecule has 2 atom stereocenters. The number of nitrogens with zero attached hydrogens (tertiary/aromatic N) is 1. The molecule has 2 aliphatic heterocycles. The van der Waals surface area contributed by atoms with Gasteiger partial charge in [-0.15, -0.1) is 0 Å². The van der Waals surface area contributed by atoms with Crippen molar-refractivity contribution in [3.63, 3.8) is 0 Å². The largest absolute Gasteiger partial charge is 0.506 e. The number of hydrogen-bond donors (Lipinski definition) is 3. The van der Waals surface area contributed by atoms with Crippen LogP contribution in [0.2, 0.25) is 0 Å². The Morgan fingerprint density at radius 3 is 2.79 bits per heavy atom. The number of carbonyl (C=O) groups is 2. The van der Waals surface area contributed by atoms with Crippen molar-refractivity contribution in [2.75, 3.05) is 7.11 Å². The molecule has 10 nitrogen and oxygen atoms in total. The number of methoxy groups -OCH3 is 1. The molecular formula is C23H17NO9. The number of aromatic hydroxyl groups is 1. The minimum atomic E-state index is -2.26. The number of phenolic OH excluding ortho intramolecular Hbond substituents is 1. The van der Waals surface area contributed by atoms with Gasteiger partial charge in [0.1, 0.15) is 28.9 Å². The fraction of sp³-hybridized carbons (Fsp3) is 0.261. The summed E-state index contributed by atoms with van der Waals surface area (Å²) in [7, 11) is 1.08. The van der Waals surface area contributed by atoms with Crippen LogP contribution in [0.3, 0.4) is 0 Å². The first-order chi connectivity index (χ1) is 15.8. The lowest BCUT2D eigenvalue weighted by molar-refractivity contribution is -0.169. The van der Waals surface area contributed by atoms with Crippen LogP contribution in [-0.4, -0.2) is 50.6 Å². The average molecular weight is 451 g/mol. The van der Waals surface area contributed by atoms with E-state index in [1.54, 1.807) is 18.2 Å². The minimum Gasteiger partial charge on any atom is -0.506 e. The highest BCUT2D eigenvalue weighted by molar-refractivity contribution is 6.13. The highest BCUT2D eigenvalue weighted by Crippen LogP contribution is 2.53. The Morgan fingerprint density at radius 1 is 1.24 bits per heavy atom. The number of aliphatic hydroxyl groups excluding tert-OH is 2. The van der Waals surface area contributed by atoms with Crippen molar-refractivity contribution in [1.82, 2.24) is 4.74 Å². The molecule has 0 unspecified atom stereocenters. The van der Waals surface area contributed by atoms with Gasteiger partial charge in [0.2, 0.25) is 0 Å². The number of esters is 1. The van der Waals surface area contributed by atoms with Crippen LogP contribution in [0.5, 0.6) is 11.5 Å². The molecule has 6 rings (SSSR count). The van der Waals surface area contributed by atoms with Crippen molar-refractivity contribution in [3.05, 3.63) is 51.4 Å². The summed E-state index contributed by atoms with van der Waals surface area (Å²) in [4.78, 5) is 37.8. The van der Waals surface area contributed by atoms with Crippen LogP contribution in [0.4, 0.5) is 0 Å². The minimum absolute atomic E-state index is 0.0688. The monoisotopic (exact) mass is 451 g/mol. The second-order valence-corrected chi connectivity index (χ2v) is 8.28. The predicted molar refractivity (Wildman–Crippen MR) is 112 cm³/mol. The number of hydrogen-bond acceptors (Lipinski definition) is 9. The van der Waals surface area contributed by atoms with Gasteiger partial charge in [-0.2, -0.15) is 0 Å². The summed E-state index contributed by atoms with van der Waals surface area (Å²) in [6.07, 6.45) is -1.66. The summed E-state index contributed by atoms with van der Waals surface area (Å²) in [6, 6.07) is 6.43. The number of aliphatic hydroxyl groups is 2. The maximum absolute atomic E-state index is 12.8. The summed E-state index contributed by atoms with van der Waals surface area (Å²) in [5.74, 6) is -2.80. The number of rotatable bonds is 1. The van der Waals surface area contributed by atoms with Crippen LogP contribution in [0, 0.1) is 0 Å². The van der Waals surface area contributed by atoms with Crippen molar-refractivity contribution < 1.29 is 38.9 Å². The zero-order chi connectivity index (χ0) is 23.2. The number of ketones is 1. The smallest absolute Gasteiger partial charge is 0.365 e. The van der Waals surface area contributed by atoms with E-state index in [4.69, 9.17) is 14.0 Å². The molecule has 1 aliphatic carbocycles. The summed E-state index contributed by atoms with van der Waals surface area (Å²) < 4.78 is 17.5. The van der Waals surface area contributed by atoms with Gasteiger partial charge in [0.05, 0.1) is 30.1 Å². The Kier molecular flexibility index (Phi) is 3.72. The lowest BCUT2D eigenvalue weighted by atomic mass is 9.73. The Balaban J connectivity index is 1.68. The van der Waals surface area contributed by atoms with E-state index in [0.29, 0.717) is 27.6 Å². The Morgan fingerprint density at radius 2 is 2.03 bits per heavy atom. The van der Waals surface area contributed by atoms with Crippen molar-refractivity contribution in [2.45, 2.75) is 31.1 Å². The van der Waals surface area contributed by atoms with Crippen LogP contribution >= 0.6 is 0 Å². The molecule has 168 valence electrons. The predicted octanol–water partition coefficient (Wildman–Crippen LogP) is 1.63. The third kappa shape index (κ3) is 2.23. The Bertz CT molecular complexity index is 1510. The summed E-state index contributed by atoms with van der Waals surface area (Å²) >= 11 is 0. The van der Waals surface area contributed by atoms with E-state index in [-0.39, 0.29) is 36.4 Å². The van der Waals surface area contributed by atoms with Crippen molar-refractivity contribution >= 4 is 28.4 Å². The van der Waals surface area contributed by atoms with Crippen molar-refractivity contribution in [2.24, 2.45) is 0 Å². The first kappa shape index (κ1) is 19.6. The lowest BCUT2D eigenvalue weighted by Gasteiger charge is -2.43. The number of aromatic nitrogens is 1. The van der Waals surface area contributed by atoms with Crippen molar-refractivity contribution in [1.29, 1.82) is 0 Å². The molecule has 0 radical (unpaired) electrons. The third-order valence-electron chi connectivity index (χ3n) is 6.63. The second kappa shape index (κ2) is 6.26. The zero-order valence-corrected chi connectivity index (χ0v) is 17.2. The van der Waals surface area contributed by atoms with Gasteiger partial charge in [0.25, 0.3) is 5.60 Å². The SMILES string of the molecule is COC(=O)[C@]12Oc3cc4c(c(O)c3C(O)=C1C(=O)CC[C@@H]2O)-c1cccc2c(=O)on(c12)C4. The summed E-state index contributed by atoms with van der Waals surface area (Å²) in [5, 5.41) is 33.5. The van der Waals surface area contributed by atoms with E-state index < -0.39 is 40.4 Å². The van der Waals surface area contributed by atoms with Gasteiger partial charge in [-0.25, -0.2) is 14.3 Å². The number of ether oxygens (including phenoxy) is 2. The molecule has 1 saturated carbocycles. The van der Waals surface area contributed by atoms with E-state index >= 15 is 0 Å². The number of phenols is 1. The molecule has 0 spiro atoms. The Labute approximate surface area is 184 Å². The first-order valence-corrected chi connectivity index (χ1v) is 10.2. The molecule has 3 aromatic rings. The van der Waals surface area contributed by atoms with Crippen LogP contribution < -0.4 is 10.4 Å². The number of benzene rings is 2. The van der Waals surface area contributed by atoms with Gasteiger partial charge in [-0.05, 0) is 24.1 Å². The standard InChI is InChI=1S/C23H17NO9/c1-31-22(30)23-14(26)6-5-12(25)17(23)20(28)16-13(32-23)7-9-8-24-18-10(15(9)19(16)27)3-2-4-11(18)21(29)33-24/h2-4,7,14,26-28H,5-6,8H2,1H3/t14-,23+/m0/s1. The van der Waals surface area contributed by atoms with E-state index in [2.05, 4.69) is 0 Å². The molecule has 33 heavy (non-hydrogen) atoms. The van der Waals surface area contributed by atoms with Crippen LogP contribution in [0.1, 0.15) is 24.0 Å². The maximum Gasteiger partial charge on any atom is 0.365 e. The van der Waals surface area contributed by atoms with Gasteiger partial charge >= 0.3 is 11.6 Å². The number of Topliss-reactive ketones (excluding diaryl/α,β-unsaturated/α-hetero) is 1. The van der Waals surface area contributed by atoms with Gasteiger partial charge < -0.3 is 29.3 Å². The first-order valence-electron chi connectivity index (χ1n) is 10.2. The highest BCUT2D eigenvalue weighted by Gasteiger charge is 2.61. The summed E-state index contributed by atoms with van der Waals surface area (Å²) in [5.41, 5.74) is -1.62. The number of para-hydroxylation sites is 1. The van der Waals surface area contributed by atoms with Gasteiger partial charge in [0.15, 0.2) is 5.78 Å². The molecule has 1 fully saturated rings. The van der Waals surface area contributed by atoms with E-state index in [1.165, 1.54) is 10.8 Å². The number of fused-ring (bicyclic) bond motifs is 4. The second-order valence-electron chi connectivity index (χ2n) is 8.28. The normalized spacial score (nSPS) is 23.0. The molecular weight excluding hydrogens is 434 g/mol. The van der Waals surface area contributed by atoms with E-state index in [9.17, 15) is 29.7 Å². The van der Waals surface area contributed by atoms with Crippen LogP contribution in [0.25, 0.3) is 27.8 Å². The van der Waals surface area contributed by atoms with Crippen molar-refractivity contribution in [3.8, 4) is 22.6 Å². The molecule has 0 amide bonds. The topological polar surface area (TPSA) is 148 Å². The average Bonchev–Trinajstić information content (AvgIpc) is 3.11. The van der Waals surface area contributed by atoms with Gasteiger partial charge in [-0.3, -0.25) is 4.79 Å². The maximum atomic E-state index is 12.8. The molecule has 2 aromatic carbocycles. The lowest BCUT2D eigenvalue weighted by Crippen LogP contribution is -2.61. The third-order valence-corrected chi connectivity index (χ3v) is 6.63.